The zero-order valence-corrected chi connectivity index (χ0v) is 10.9. The summed E-state index contributed by atoms with van der Waals surface area (Å²) in [6.07, 6.45) is 0.889. The van der Waals surface area contributed by atoms with Gasteiger partial charge < -0.3 is 25.3 Å². The average molecular weight is 252 g/mol. The Kier molecular flexibility index (Phi) is 3.93. The molecule has 1 heterocycles. The Hall–Kier alpha value is -1.46. The van der Waals surface area contributed by atoms with Gasteiger partial charge in [0.05, 0.1) is 25.1 Å². The van der Waals surface area contributed by atoms with Crippen LogP contribution in [0.2, 0.25) is 0 Å². The predicted octanol–water partition coefficient (Wildman–Crippen LogP) is 1.49. The van der Waals surface area contributed by atoms with Gasteiger partial charge in [-0.15, -0.1) is 0 Å². The van der Waals surface area contributed by atoms with Gasteiger partial charge >= 0.3 is 0 Å². The second kappa shape index (κ2) is 5.46. The topological polar surface area (TPSA) is 65.7 Å². The van der Waals surface area contributed by atoms with Crippen molar-refractivity contribution in [2.45, 2.75) is 12.0 Å². The summed E-state index contributed by atoms with van der Waals surface area (Å²) in [6, 6.07) is 5.67. The number of para-hydroxylation sites is 1. The Bertz CT molecular complexity index is 403. The van der Waals surface area contributed by atoms with Crippen molar-refractivity contribution in [2.75, 3.05) is 45.0 Å². The lowest BCUT2D eigenvalue weighted by molar-refractivity contribution is -0.00619. The van der Waals surface area contributed by atoms with Crippen LogP contribution in [0, 0.1) is 0 Å². The fraction of sp³-hybridized carbons (Fsp3) is 0.538. The van der Waals surface area contributed by atoms with E-state index in [-0.39, 0.29) is 5.60 Å². The van der Waals surface area contributed by atoms with Crippen LogP contribution < -0.4 is 15.8 Å². The highest BCUT2D eigenvalue weighted by Gasteiger charge is 2.34. The Morgan fingerprint density at radius 1 is 1.44 bits per heavy atom. The fourth-order valence-corrected chi connectivity index (χ4v) is 2.09. The van der Waals surface area contributed by atoms with Crippen LogP contribution in [0.1, 0.15) is 6.42 Å². The Balaban J connectivity index is 2.05. The molecule has 2 rings (SSSR count). The zero-order valence-electron chi connectivity index (χ0n) is 10.9. The van der Waals surface area contributed by atoms with Gasteiger partial charge in [-0.25, -0.2) is 0 Å². The lowest BCUT2D eigenvalue weighted by Crippen LogP contribution is -2.39. The van der Waals surface area contributed by atoms with Crippen LogP contribution in [0.15, 0.2) is 18.2 Å². The predicted molar refractivity (Wildman–Crippen MR) is 71.1 cm³/mol. The summed E-state index contributed by atoms with van der Waals surface area (Å²) < 4.78 is 16.1. The van der Waals surface area contributed by atoms with E-state index in [1.807, 2.05) is 18.2 Å². The van der Waals surface area contributed by atoms with E-state index in [2.05, 4.69) is 5.32 Å². The van der Waals surface area contributed by atoms with Crippen molar-refractivity contribution in [2.24, 2.45) is 0 Å². The number of rotatable bonds is 5. The maximum atomic E-state index is 6.00. The second-order valence-electron chi connectivity index (χ2n) is 4.46. The standard InChI is InChI=1S/C13H20N2O3/c1-16-11-5-3-4-10(12(11)14)15-8-13(17-2)6-7-18-9-13/h3-5,15H,6-9,14H2,1-2H3. The Morgan fingerprint density at radius 2 is 2.28 bits per heavy atom. The third-order valence-corrected chi connectivity index (χ3v) is 3.39. The first-order valence-electron chi connectivity index (χ1n) is 6.00. The Morgan fingerprint density at radius 3 is 2.89 bits per heavy atom. The van der Waals surface area contributed by atoms with E-state index < -0.39 is 0 Å². The lowest BCUT2D eigenvalue weighted by atomic mass is 10.0. The van der Waals surface area contributed by atoms with Gasteiger partial charge in [0.1, 0.15) is 11.4 Å². The lowest BCUT2D eigenvalue weighted by Gasteiger charge is -2.27. The summed E-state index contributed by atoms with van der Waals surface area (Å²) in [5.41, 5.74) is 7.22. The van der Waals surface area contributed by atoms with E-state index in [1.54, 1.807) is 14.2 Å². The minimum absolute atomic E-state index is 0.254. The number of hydrogen-bond donors (Lipinski definition) is 2. The van der Waals surface area contributed by atoms with Gasteiger partial charge in [-0.2, -0.15) is 0 Å². The van der Waals surface area contributed by atoms with Gasteiger partial charge in [0.25, 0.3) is 0 Å². The van der Waals surface area contributed by atoms with Crippen LogP contribution in [0.5, 0.6) is 5.75 Å². The van der Waals surface area contributed by atoms with Crippen LogP contribution in [-0.4, -0.2) is 39.6 Å². The van der Waals surface area contributed by atoms with Crippen molar-refractivity contribution < 1.29 is 14.2 Å². The first-order valence-corrected chi connectivity index (χ1v) is 6.00. The fourth-order valence-electron chi connectivity index (χ4n) is 2.09. The number of ether oxygens (including phenoxy) is 3. The molecule has 0 aromatic heterocycles. The molecule has 1 aromatic carbocycles. The molecule has 1 aliphatic heterocycles. The van der Waals surface area contributed by atoms with Crippen LogP contribution in [-0.2, 0) is 9.47 Å². The molecule has 1 fully saturated rings. The molecule has 0 bridgehead atoms. The largest absolute Gasteiger partial charge is 0.495 e. The highest BCUT2D eigenvalue weighted by atomic mass is 16.5. The summed E-state index contributed by atoms with van der Waals surface area (Å²) in [5.74, 6) is 0.675. The minimum atomic E-state index is -0.254. The minimum Gasteiger partial charge on any atom is -0.495 e. The number of benzene rings is 1. The van der Waals surface area contributed by atoms with Crippen molar-refractivity contribution in [3.05, 3.63) is 18.2 Å². The maximum Gasteiger partial charge on any atom is 0.143 e. The third kappa shape index (κ3) is 2.52. The summed E-state index contributed by atoms with van der Waals surface area (Å²) in [4.78, 5) is 0. The van der Waals surface area contributed by atoms with Gasteiger partial charge in [0.2, 0.25) is 0 Å². The molecule has 1 atom stereocenters. The molecule has 3 N–H and O–H groups in total. The number of nitrogens with two attached hydrogens (primary N) is 1. The van der Waals surface area contributed by atoms with Crippen molar-refractivity contribution in [1.82, 2.24) is 0 Å². The highest BCUT2D eigenvalue weighted by molar-refractivity contribution is 5.72. The van der Waals surface area contributed by atoms with Crippen molar-refractivity contribution in [3.8, 4) is 5.75 Å². The summed E-state index contributed by atoms with van der Waals surface area (Å²) in [7, 11) is 3.32. The van der Waals surface area contributed by atoms with Gasteiger partial charge in [-0.1, -0.05) is 6.07 Å². The number of hydrogen-bond acceptors (Lipinski definition) is 5. The molecular formula is C13H20N2O3. The number of anilines is 2. The van der Waals surface area contributed by atoms with Crippen molar-refractivity contribution in [3.63, 3.8) is 0 Å². The molecular weight excluding hydrogens is 232 g/mol. The van der Waals surface area contributed by atoms with E-state index >= 15 is 0 Å². The van der Waals surface area contributed by atoms with Crippen molar-refractivity contribution >= 4 is 11.4 Å². The smallest absolute Gasteiger partial charge is 0.143 e. The van der Waals surface area contributed by atoms with E-state index in [9.17, 15) is 0 Å². The molecule has 0 amide bonds. The molecule has 0 saturated carbocycles. The summed E-state index contributed by atoms with van der Waals surface area (Å²) in [5, 5.41) is 3.31. The quantitative estimate of drug-likeness (QED) is 0.777. The van der Waals surface area contributed by atoms with Gasteiger partial charge in [0, 0.05) is 26.7 Å². The molecule has 0 spiro atoms. The van der Waals surface area contributed by atoms with Crippen LogP contribution in [0.25, 0.3) is 0 Å². The average Bonchev–Trinajstić information content (AvgIpc) is 2.87. The highest BCUT2D eigenvalue weighted by Crippen LogP contribution is 2.30. The monoisotopic (exact) mass is 252 g/mol. The molecule has 1 saturated heterocycles. The second-order valence-corrected chi connectivity index (χ2v) is 4.46. The van der Waals surface area contributed by atoms with Gasteiger partial charge in [-0.05, 0) is 12.1 Å². The summed E-state index contributed by atoms with van der Waals surface area (Å²) >= 11 is 0. The molecule has 0 aliphatic carbocycles. The van der Waals surface area contributed by atoms with Crippen LogP contribution in [0.3, 0.4) is 0 Å². The third-order valence-electron chi connectivity index (χ3n) is 3.39. The molecule has 5 heteroatoms. The zero-order chi connectivity index (χ0) is 13.0. The Labute approximate surface area is 107 Å². The van der Waals surface area contributed by atoms with E-state index in [1.165, 1.54) is 0 Å². The molecule has 5 nitrogen and oxygen atoms in total. The first-order chi connectivity index (χ1) is 8.71. The van der Waals surface area contributed by atoms with E-state index in [4.69, 9.17) is 19.9 Å². The van der Waals surface area contributed by atoms with Gasteiger partial charge in [0.15, 0.2) is 0 Å². The van der Waals surface area contributed by atoms with Crippen molar-refractivity contribution in [1.29, 1.82) is 0 Å². The van der Waals surface area contributed by atoms with E-state index in [0.29, 0.717) is 24.6 Å². The molecule has 1 unspecified atom stereocenters. The number of nitrogens with one attached hydrogen (secondary N) is 1. The number of nitrogen functional groups attached to an aromatic ring is 1. The maximum absolute atomic E-state index is 6.00. The van der Waals surface area contributed by atoms with E-state index in [0.717, 1.165) is 18.7 Å². The molecule has 18 heavy (non-hydrogen) atoms. The van der Waals surface area contributed by atoms with Gasteiger partial charge in [-0.3, -0.25) is 0 Å². The first kappa shape index (κ1) is 13.0. The molecule has 1 aliphatic rings. The normalized spacial score (nSPS) is 23.0. The van der Waals surface area contributed by atoms with Crippen LogP contribution in [0.4, 0.5) is 11.4 Å². The molecule has 0 radical (unpaired) electrons. The SMILES string of the molecule is COc1cccc(NCC2(OC)CCOC2)c1N. The molecule has 1 aromatic rings. The number of methoxy groups -OCH3 is 2. The summed E-state index contributed by atoms with van der Waals surface area (Å²) in [6.45, 7) is 2.02. The van der Waals surface area contributed by atoms with Crippen LogP contribution >= 0.6 is 0 Å². The molecule has 100 valence electrons.